The first-order valence-corrected chi connectivity index (χ1v) is 5.42. The van der Waals surface area contributed by atoms with Crippen molar-refractivity contribution in [3.8, 4) is 0 Å². The lowest BCUT2D eigenvalue weighted by molar-refractivity contribution is 0.423. The summed E-state index contributed by atoms with van der Waals surface area (Å²) >= 11 is 0. The Morgan fingerprint density at radius 1 is 0.833 bits per heavy atom. The average molecular weight is 172 g/mol. The van der Waals surface area contributed by atoms with Crippen LogP contribution in [0.3, 0.4) is 0 Å². The van der Waals surface area contributed by atoms with Gasteiger partial charge in [0.1, 0.15) is 0 Å². The number of nitrogens with one attached hydrogen (secondary N) is 2. The van der Waals surface area contributed by atoms with Crippen molar-refractivity contribution in [2.24, 2.45) is 0 Å². The Kier molecular flexibility index (Phi) is 7.51. The van der Waals surface area contributed by atoms with Crippen LogP contribution in [0.25, 0.3) is 0 Å². The van der Waals surface area contributed by atoms with Gasteiger partial charge in [0.2, 0.25) is 0 Å². The minimum Gasteiger partial charge on any atom is -0.314 e. The van der Waals surface area contributed by atoms with Crippen LogP contribution in [0.4, 0.5) is 0 Å². The second-order valence-corrected chi connectivity index (χ2v) is 2.80. The summed E-state index contributed by atoms with van der Waals surface area (Å²) in [5.74, 6) is 0. The van der Waals surface area contributed by atoms with Gasteiger partial charge in [-0.15, -0.1) is 0 Å². The number of piperazine rings is 1. The molecule has 0 aromatic carbocycles. The molecule has 2 bridgehead atoms. The van der Waals surface area contributed by atoms with Crippen LogP contribution >= 0.6 is 0 Å². The summed E-state index contributed by atoms with van der Waals surface area (Å²) in [5, 5.41) is 6.91. The Morgan fingerprint density at radius 2 is 1.25 bits per heavy atom. The predicted molar refractivity (Wildman–Crippen MR) is 55.5 cm³/mol. The minimum atomic E-state index is 0.800. The van der Waals surface area contributed by atoms with E-state index in [2.05, 4.69) is 10.6 Å². The van der Waals surface area contributed by atoms with Crippen molar-refractivity contribution in [2.75, 3.05) is 13.1 Å². The van der Waals surface area contributed by atoms with Gasteiger partial charge >= 0.3 is 0 Å². The summed E-state index contributed by atoms with van der Waals surface area (Å²) in [7, 11) is 0. The highest BCUT2D eigenvalue weighted by molar-refractivity contribution is 4.90. The summed E-state index contributed by atoms with van der Waals surface area (Å²) in [6.07, 6.45) is 2.77. The second kappa shape index (κ2) is 7.56. The van der Waals surface area contributed by atoms with Crippen molar-refractivity contribution in [3.05, 3.63) is 0 Å². The van der Waals surface area contributed by atoms with Crippen LogP contribution < -0.4 is 10.6 Å². The molecule has 2 saturated heterocycles. The molecule has 2 N–H and O–H groups in total. The highest BCUT2D eigenvalue weighted by Gasteiger charge is 2.26. The van der Waals surface area contributed by atoms with Crippen LogP contribution in [0, 0.1) is 0 Å². The topological polar surface area (TPSA) is 24.1 Å². The Labute approximate surface area is 77.1 Å². The lowest BCUT2D eigenvalue weighted by atomic mass is 10.2. The van der Waals surface area contributed by atoms with Crippen LogP contribution in [0.15, 0.2) is 0 Å². The predicted octanol–water partition coefficient (Wildman–Crippen LogP) is 1.76. The van der Waals surface area contributed by atoms with Crippen molar-refractivity contribution in [2.45, 2.75) is 52.6 Å². The molecule has 74 valence electrons. The molecule has 0 aliphatic carbocycles. The van der Waals surface area contributed by atoms with Gasteiger partial charge in [-0.25, -0.2) is 0 Å². The quantitative estimate of drug-likeness (QED) is 0.582. The molecule has 0 radical (unpaired) electrons. The molecular formula is C10H24N2. The maximum Gasteiger partial charge on any atom is 0.0196 e. The third-order valence-electron chi connectivity index (χ3n) is 2.12. The van der Waals surface area contributed by atoms with Crippen LogP contribution in [0.1, 0.15) is 40.5 Å². The number of hydrogen-bond donors (Lipinski definition) is 2. The van der Waals surface area contributed by atoms with Crippen molar-refractivity contribution >= 4 is 0 Å². The van der Waals surface area contributed by atoms with E-state index in [-0.39, 0.29) is 0 Å². The molecular weight excluding hydrogens is 148 g/mol. The van der Waals surface area contributed by atoms with Gasteiger partial charge in [0, 0.05) is 25.2 Å². The van der Waals surface area contributed by atoms with Crippen molar-refractivity contribution in [3.63, 3.8) is 0 Å². The zero-order valence-electron chi connectivity index (χ0n) is 8.98. The zero-order valence-corrected chi connectivity index (χ0v) is 8.98. The van der Waals surface area contributed by atoms with Gasteiger partial charge in [0.05, 0.1) is 0 Å². The third-order valence-corrected chi connectivity index (χ3v) is 2.12. The SMILES string of the molecule is C1CC2CNCC1N2.CC.CC. The van der Waals surface area contributed by atoms with Gasteiger partial charge in [-0.2, -0.15) is 0 Å². The summed E-state index contributed by atoms with van der Waals surface area (Å²) in [5.41, 5.74) is 0. The monoisotopic (exact) mass is 172 g/mol. The van der Waals surface area contributed by atoms with E-state index < -0.39 is 0 Å². The summed E-state index contributed by atoms with van der Waals surface area (Å²) in [6, 6.07) is 1.60. The number of rotatable bonds is 0. The van der Waals surface area contributed by atoms with Crippen molar-refractivity contribution in [1.82, 2.24) is 10.6 Å². The van der Waals surface area contributed by atoms with Crippen LogP contribution in [0.5, 0.6) is 0 Å². The molecule has 0 aromatic heterocycles. The zero-order chi connectivity index (χ0) is 9.40. The summed E-state index contributed by atoms with van der Waals surface area (Å²) < 4.78 is 0. The first-order valence-electron chi connectivity index (χ1n) is 5.42. The lowest BCUT2D eigenvalue weighted by Gasteiger charge is -2.21. The second-order valence-electron chi connectivity index (χ2n) is 2.80. The largest absolute Gasteiger partial charge is 0.314 e. The minimum absolute atomic E-state index is 0.800. The first-order chi connectivity index (χ1) is 5.95. The maximum atomic E-state index is 3.53. The highest BCUT2D eigenvalue weighted by Crippen LogP contribution is 2.13. The Morgan fingerprint density at radius 3 is 1.58 bits per heavy atom. The average Bonchev–Trinajstić information content (AvgIpc) is 2.52. The Bertz CT molecular complexity index is 79.8. The van der Waals surface area contributed by atoms with Crippen molar-refractivity contribution < 1.29 is 0 Å². The van der Waals surface area contributed by atoms with Crippen LogP contribution in [-0.4, -0.2) is 25.2 Å². The van der Waals surface area contributed by atoms with E-state index in [0.29, 0.717) is 0 Å². The molecule has 2 heterocycles. The molecule has 2 fully saturated rings. The molecule has 2 aliphatic rings. The van der Waals surface area contributed by atoms with Gasteiger partial charge in [-0.05, 0) is 12.8 Å². The Hall–Kier alpha value is -0.0800. The van der Waals surface area contributed by atoms with E-state index in [9.17, 15) is 0 Å². The standard InChI is InChI=1S/C6H12N2.2C2H6/c1-2-6-4-7-3-5(1)8-6;2*1-2/h5-8H,1-4H2;2*1-2H3. The third kappa shape index (κ3) is 3.55. The van der Waals surface area contributed by atoms with Gasteiger partial charge in [0.15, 0.2) is 0 Å². The van der Waals surface area contributed by atoms with Gasteiger partial charge in [-0.1, -0.05) is 27.7 Å². The fourth-order valence-electron chi connectivity index (χ4n) is 1.66. The molecule has 2 nitrogen and oxygen atoms in total. The normalized spacial score (nSPS) is 31.0. The molecule has 0 saturated carbocycles. The first kappa shape index (κ1) is 11.9. The van der Waals surface area contributed by atoms with E-state index in [0.717, 1.165) is 12.1 Å². The smallest absolute Gasteiger partial charge is 0.0196 e. The van der Waals surface area contributed by atoms with E-state index in [1.807, 2.05) is 27.7 Å². The van der Waals surface area contributed by atoms with Crippen molar-refractivity contribution in [1.29, 1.82) is 0 Å². The lowest BCUT2D eigenvalue weighted by Crippen LogP contribution is -2.48. The van der Waals surface area contributed by atoms with Gasteiger partial charge in [-0.3, -0.25) is 0 Å². The number of fused-ring (bicyclic) bond motifs is 2. The molecule has 2 unspecified atom stereocenters. The summed E-state index contributed by atoms with van der Waals surface area (Å²) in [6.45, 7) is 10.4. The van der Waals surface area contributed by atoms with E-state index >= 15 is 0 Å². The Balaban J connectivity index is 0.000000269. The van der Waals surface area contributed by atoms with E-state index in [1.54, 1.807) is 0 Å². The number of hydrogen-bond acceptors (Lipinski definition) is 2. The van der Waals surface area contributed by atoms with Crippen LogP contribution in [-0.2, 0) is 0 Å². The van der Waals surface area contributed by atoms with Gasteiger partial charge < -0.3 is 10.6 Å². The molecule has 0 amide bonds. The fourth-order valence-corrected chi connectivity index (χ4v) is 1.66. The molecule has 0 spiro atoms. The molecule has 2 aliphatic heterocycles. The highest BCUT2D eigenvalue weighted by atomic mass is 15.1. The van der Waals surface area contributed by atoms with Gasteiger partial charge in [0.25, 0.3) is 0 Å². The fraction of sp³-hybridized carbons (Fsp3) is 1.00. The van der Waals surface area contributed by atoms with E-state index in [4.69, 9.17) is 0 Å². The summed E-state index contributed by atoms with van der Waals surface area (Å²) in [4.78, 5) is 0. The molecule has 2 atom stereocenters. The van der Waals surface area contributed by atoms with Crippen LogP contribution in [0.2, 0.25) is 0 Å². The maximum absolute atomic E-state index is 3.53. The van der Waals surface area contributed by atoms with E-state index in [1.165, 1.54) is 25.9 Å². The molecule has 2 heteroatoms. The molecule has 2 rings (SSSR count). The molecule has 0 aromatic rings. The molecule has 12 heavy (non-hydrogen) atoms.